The molecule has 0 aliphatic carbocycles. The zero-order chi connectivity index (χ0) is 57.0. The number of hydrogen-bond donors (Lipinski definition) is 0. The topological polar surface area (TPSA) is 8.17 Å². The van der Waals surface area contributed by atoms with Gasteiger partial charge in [-0.05, 0) is 165 Å². The second-order valence-electron chi connectivity index (χ2n) is 27.2. The number of nitrogens with zero attached hydrogens (tertiary/aromatic N) is 2. The number of rotatable bonds is 8. The van der Waals surface area contributed by atoms with Crippen molar-refractivity contribution in [3.05, 3.63) is 253 Å². The predicted octanol–water partition coefficient (Wildman–Crippen LogP) is 23.0. The third kappa shape index (κ3) is 9.42. The van der Waals surface area contributed by atoms with Gasteiger partial charge in [0.2, 0.25) is 0 Å². The first kappa shape index (κ1) is 52.6. The first-order chi connectivity index (χ1) is 39.2. The number of fused-ring (bicyclic) bond motifs is 3. The number of anilines is 3. The molecule has 0 spiro atoms. The SMILES string of the molecule is CC(C)(C)c1cc(-c2ccccc2)cc(-c2cc(N(c3ccc(-c4ccc(-c5cc(C(C)(C)C)cc(C(C)(C)C)c5)cc4)cc3)c3ccc4ccc5c(-n6c7ccccc7c7ccccc76)ccc6ccc3c4c65)cc(C(C)(C)C)c2)c1. The molecule has 0 aliphatic heterocycles. The second kappa shape index (κ2) is 19.5. The molecular weight excluding hydrogens is 989 g/mol. The molecule has 0 amide bonds. The van der Waals surface area contributed by atoms with E-state index in [4.69, 9.17) is 0 Å². The Kier molecular flexibility index (Phi) is 12.5. The maximum atomic E-state index is 2.53. The Bertz CT molecular complexity index is 4480. The van der Waals surface area contributed by atoms with E-state index in [9.17, 15) is 0 Å². The van der Waals surface area contributed by atoms with Crippen LogP contribution in [0.4, 0.5) is 17.1 Å². The Morgan fingerprint density at radius 3 is 1.21 bits per heavy atom. The summed E-state index contributed by atoms with van der Waals surface area (Å²) in [5.41, 5.74) is 21.9. The largest absolute Gasteiger partial charge is 0.310 e. The van der Waals surface area contributed by atoms with Crippen LogP contribution in [0.1, 0.15) is 105 Å². The van der Waals surface area contributed by atoms with Crippen molar-refractivity contribution >= 4 is 71.2 Å². The fourth-order valence-electron chi connectivity index (χ4n) is 12.5. The van der Waals surface area contributed by atoms with E-state index in [-0.39, 0.29) is 21.7 Å². The first-order valence-corrected chi connectivity index (χ1v) is 29.4. The van der Waals surface area contributed by atoms with Crippen LogP contribution in [0.15, 0.2) is 231 Å². The van der Waals surface area contributed by atoms with Gasteiger partial charge in [-0.2, -0.15) is 0 Å². The molecule has 404 valence electrons. The van der Waals surface area contributed by atoms with Crippen LogP contribution in [-0.2, 0) is 21.7 Å². The van der Waals surface area contributed by atoms with Gasteiger partial charge >= 0.3 is 0 Å². The van der Waals surface area contributed by atoms with Crippen molar-refractivity contribution in [2.75, 3.05) is 4.90 Å². The quantitative estimate of drug-likeness (QED) is 0.138. The van der Waals surface area contributed by atoms with E-state index in [0.717, 1.165) is 17.1 Å². The average Bonchev–Trinajstić information content (AvgIpc) is 2.19. The maximum absolute atomic E-state index is 2.53. The van der Waals surface area contributed by atoms with Crippen molar-refractivity contribution in [3.63, 3.8) is 0 Å². The van der Waals surface area contributed by atoms with E-state index in [1.165, 1.54) is 127 Å². The standard InChI is InChI=1S/C80H74N2/c1-77(2,3)61-43-57(51-20-14-13-15-21-51)42-58(44-61)60-47-64(80(10,11)12)50-66(48-60)81(65-36-30-53(31-37-65)52-26-28-54(29-27-52)59-45-62(78(4,5)6)49-63(46-59)79(7,8)9)73-40-34-55-33-39-70-74(41-35-56-32-38-69(73)75(55)76(56)70)82-71-24-18-16-22-67(71)68-23-17-19-25-72(68)82/h13-50H,1-12H3. The van der Waals surface area contributed by atoms with Crippen LogP contribution in [0.2, 0.25) is 0 Å². The van der Waals surface area contributed by atoms with Crippen LogP contribution < -0.4 is 4.90 Å². The average molecular weight is 1060 g/mol. The molecule has 2 nitrogen and oxygen atoms in total. The van der Waals surface area contributed by atoms with Crippen molar-refractivity contribution in [2.24, 2.45) is 0 Å². The molecule has 13 rings (SSSR count). The highest BCUT2D eigenvalue weighted by Gasteiger charge is 2.26. The zero-order valence-electron chi connectivity index (χ0n) is 49.8. The minimum atomic E-state index is -0.148. The van der Waals surface area contributed by atoms with Crippen molar-refractivity contribution in [1.82, 2.24) is 4.57 Å². The normalized spacial score (nSPS) is 12.6. The molecule has 0 radical (unpaired) electrons. The van der Waals surface area contributed by atoms with Gasteiger partial charge in [0.25, 0.3) is 0 Å². The zero-order valence-corrected chi connectivity index (χ0v) is 49.8. The van der Waals surface area contributed by atoms with E-state index in [0.29, 0.717) is 0 Å². The van der Waals surface area contributed by atoms with Crippen LogP contribution in [0.25, 0.3) is 104 Å². The van der Waals surface area contributed by atoms with Crippen LogP contribution in [-0.4, -0.2) is 4.57 Å². The van der Waals surface area contributed by atoms with Gasteiger partial charge in [-0.25, -0.2) is 0 Å². The van der Waals surface area contributed by atoms with Gasteiger partial charge in [-0.1, -0.05) is 259 Å². The van der Waals surface area contributed by atoms with Crippen molar-refractivity contribution in [2.45, 2.75) is 105 Å². The highest BCUT2D eigenvalue weighted by molar-refractivity contribution is 6.27. The predicted molar refractivity (Wildman–Crippen MR) is 356 cm³/mol. The van der Waals surface area contributed by atoms with Crippen molar-refractivity contribution in [3.8, 4) is 50.2 Å². The molecule has 0 saturated carbocycles. The molecule has 12 aromatic carbocycles. The summed E-state index contributed by atoms with van der Waals surface area (Å²) in [5, 5.41) is 10.00. The summed E-state index contributed by atoms with van der Waals surface area (Å²) in [5.74, 6) is 0. The highest BCUT2D eigenvalue weighted by Crippen LogP contribution is 2.48. The van der Waals surface area contributed by atoms with Gasteiger partial charge in [-0.3, -0.25) is 0 Å². The Morgan fingerprint density at radius 2 is 0.659 bits per heavy atom. The maximum Gasteiger partial charge on any atom is 0.0541 e. The summed E-state index contributed by atoms with van der Waals surface area (Å²) < 4.78 is 2.48. The van der Waals surface area contributed by atoms with Gasteiger partial charge in [0.15, 0.2) is 0 Å². The number of hydrogen-bond acceptors (Lipinski definition) is 1. The highest BCUT2D eigenvalue weighted by atomic mass is 15.1. The van der Waals surface area contributed by atoms with Crippen LogP contribution in [0, 0.1) is 0 Å². The fourth-order valence-corrected chi connectivity index (χ4v) is 12.5. The number of para-hydroxylation sites is 2. The Hall–Kier alpha value is -8.72. The van der Waals surface area contributed by atoms with E-state index in [1.54, 1.807) is 0 Å². The van der Waals surface area contributed by atoms with Crippen molar-refractivity contribution < 1.29 is 0 Å². The third-order valence-corrected chi connectivity index (χ3v) is 17.3. The monoisotopic (exact) mass is 1060 g/mol. The van der Waals surface area contributed by atoms with E-state index >= 15 is 0 Å². The van der Waals surface area contributed by atoms with Crippen LogP contribution in [0.5, 0.6) is 0 Å². The molecule has 0 bridgehead atoms. The van der Waals surface area contributed by atoms with Gasteiger partial charge in [0, 0.05) is 32.9 Å². The van der Waals surface area contributed by atoms with E-state index in [1.807, 2.05) is 0 Å². The molecule has 0 fully saturated rings. The van der Waals surface area contributed by atoms with Crippen molar-refractivity contribution in [1.29, 1.82) is 0 Å². The third-order valence-electron chi connectivity index (χ3n) is 17.3. The molecule has 0 aliphatic rings. The van der Waals surface area contributed by atoms with Gasteiger partial charge in [0.05, 0.1) is 22.4 Å². The Balaban J connectivity index is 1.01. The molecule has 82 heavy (non-hydrogen) atoms. The summed E-state index contributed by atoms with van der Waals surface area (Å²) in [6.45, 7) is 27.9. The summed E-state index contributed by atoms with van der Waals surface area (Å²) in [6.07, 6.45) is 0. The lowest BCUT2D eigenvalue weighted by Gasteiger charge is -2.31. The molecular formula is C80H74N2. The van der Waals surface area contributed by atoms with E-state index in [2.05, 4.69) is 323 Å². The minimum Gasteiger partial charge on any atom is -0.310 e. The molecule has 0 saturated heterocycles. The van der Waals surface area contributed by atoms with E-state index < -0.39 is 0 Å². The molecule has 13 aromatic rings. The molecule has 0 unspecified atom stereocenters. The molecule has 2 heteroatoms. The minimum absolute atomic E-state index is 0.0416. The summed E-state index contributed by atoms with van der Waals surface area (Å²) in [7, 11) is 0. The van der Waals surface area contributed by atoms with Crippen LogP contribution >= 0.6 is 0 Å². The molecule has 0 atom stereocenters. The molecule has 1 heterocycles. The Morgan fingerprint density at radius 1 is 0.268 bits per heavy atom. The van der Waals surface area contributed by atoms with Gasteiger partial charge in [0.1, 0.15) is 0 Å². The Labute approximate surface area is 485 Å². The lowest BCUT2D eigenvalue weighted by molar-refractivity contribution is 0.569. The lowest BCUT2D eigenvalue weighted by Crippen LogP contribution is -2.16. The lowest BCUT2D eigenvalue weighted by atomic mass is 9.79. The first-order valence-electron chi connectivity index (χ1n) is 29.4. The summed E-state index contributed by atoms with van der Waals surface area (Å²) in [6, 6.07) is 87.5. The van der Waals surface area contributed by atoms with Gasteiger partial charge in [-0.15, -0.1) is 0 Å². The number of aromatic nitrogens is 1. The van der Waals surface area contributed by atoms with Crippen LogP contribution in [0.3, 0.4) is 0 Å². The fraction of sp³-hybridized carbons (Fsp3) is 0.200. The molecule has 1 aromatic heterocycles. The summed E-state index contributed by atoms with van der Waals surface area (Å²) in [4.78, 5) is 2.53. The second-order valence-corrected chi connectivity index (χ2v) is 27.2. The number of benzene rings is 12. The summed E-state index contributed by atoms with van der Waals surface area (Å²) >= 11 is 0. The molecule has 0 N–H and O–H groups in total. The van der Waals surface area contributed by atoms with Gasteiger partial charge < -0.3 is 9.47 Å². The smallest absolute Gasteiger partial charge is 0.0541 e.